The Balaban J connectivity index is 1.30. The number of nitrogen functional groups attached to an aromatic ring is 1. The van der Waals surface area contributed by atoms with Crippen LogP contribution in [0.25, 0.3) is 11.0 Å². The zero-order chi connectivity index (χ0) is 27.1. The SMILES string of the molecule is Nc1ccccc1NC(=O)c1ccc(OCCNC(=O)c2oc3ccccc3c2COCC(F)(F)F)cc1. The third-order valence-corrected chi connectivity index (χ3v) is 5.40. The summed E-state index contributed by atoms with van der Waals surface area (Å²) in [5, 5.41) is 5.86. The van der Waals surface area contributed by atoms with Gasteiger partial charge in [-0.15, -0.1) is 0 Å². The van der Waals surface area contributed by atoms with Crippen molar-refractivity contribution in [2.24, 2.45) is 0 Å². The minimum absolute atomic E-state index is 0.0915. The molecule has 4 N–H and O–H groups in total. The minimum atomic E-state index is -4.49. The molecule has 11 heteroatoms. The molecular formula is C27H24F3N3O5. The zero-order valence-electron chi connectivity index (χ0n) is 20.0. The number of anilines is 2. The van der Waals surface area contributed by atoms with Crippen LogP contribution < -0.4 is 21.1 Å². The van der Waals surface area contributed by atoms with E-state index in [1.807, 2.05) is 0 Å². The molecule has 0 spiro atoms. The number of furan rings is 1. The topological polar surface area (TPSA) is 116 Å². The highest BCUT2D eigenvalue weighted by atomic mass is 19.4. The zero-order valence-corrected chi connectivity index (χ0v) is 20.0. The second kappa shape index (κ2) is 11.7. The monoisotopic (exact) mass is 527 g/mol. The van der Waals surface area contributed by atoms with E-state index in [0.717, 1.165) is 0 Å². The van der Waals surface area contributed by atoms with Crippen molar-refractivity contribution < 1.29 is 36.7 Å². The van der Waals surface area contributed by atoms with Gasteiger partial charge >= 0.3 is 6.18 Å². The number of nitrogens with two attached hydrogens (primary N) is 1. The van der Waals surface area contributed by atoms with Crippen LogP contribution in [0.5, 0.6) is 5.75 Å². The van der Waals surface area contributed by atoms with E-state index in [9.17, 15) is 22.8 Å². The molecule has 4 rings (SSSR count). The van der Waals surface area contributed by atoms with Crippen LogP contribution in [-0.2, 0) is 11.3 Å². The third kappa shape index (κ3) is 6.83. The van der Waals surface area contributed by atoms with Gasteiger partial charge in [-0.3, -0.25) is 9.59 Å². The third-order valence-electron chi connectivity index (χ3n) is 5.40. The van der Waals surface area contributed by atoms with Crippen LogP contribution in [0.1, 0.15) is 26.5 Å². The Labute approximate surface area is 215 Å². The van der Waals surface area contributed by atoms with Crippen molar-refractivity contribution in [2.75, 3.05) is 30.8 Å². The number of benzene rings is 3. The molecule has 2 amide bonds. The van der Waals surface area contributed by atoms with Crippen LogP contribution in [0.3, 0.4) is 0 Å². The van der Waals surface area contributed by atoms with Gasteiger partial charge in [-0.2, -0.15) is 13.2 Å². The molecule has 0 saturated carbocycles. The first-order chi connectivity index (χ1) is 18.2. The summed E-state index contributed by atoms with van der Waals surface area (Å²) in [7, 11) is 0. The fraction of sp³-hybridized carbons (Fsp3) is 0.185. The molecule has 1 aromatic heterocycles. The number of amides is 2. The molecule has 0 radical (unpaired) electrons. The first-order valence-corrected chi connectivity index (χ1v) is 11.5. The molecule has 0 saturated heterocycles. The predicted molar refractivity (Wildman–Crippen MR) is 135 cm³/mol. The van der Waals surface area contributed by atoms with E-state index in [1.54, 1.807) is 72.8 Å². The number of para-hydroxylation sites is 3. The lowest BCUT2D eigenvalue weighted by Crippen LogP contribution is -2.28. The maximum Gasteiger partial charge on any atom is 0.411 e. The number of hydrogen-bond acceptors (Lipinski definition) is 6. The van der Waals surface area contributed by atoms with Crippen LogP contribution in [0.15, 0.2) is 77.2 Å². The maximum absolute atomic E-state index is 12.7. The Hall–Kier alpha value is -4.51. The second-order valence-electron chi connectivity index (χ2n) is 8.18. The molecule has 0 aliphatic rings. The molecular weight excluding hydrogens is 503 g/mol. The number of fused-ring (bicyclic) bond motifs is 1. The summed E-state index contributed by atoms with van der Waals surface area (Å²) in [6, 6.07) is 19.9. The summed E-state index contributed by atoms with van der Waals surface area (Å²) in [6.45, 7) is -1.69. The highest BCUT2D eigenvalue weighted by Crippen LogP contribution is 2.27. The fourth-order valence-electron chi connectivity index (χ4n) is 3.62. The van der Waals surface area contributed by atoms with Crippen LogP contribution in [0.4, 0.5) is 24.5 Å². The Bertz CT molecular complexity index is 1420. The largest absolute Gasteiger partial charge is 0.492 e. The quantitative estimate of drug-likeness (QED) is 0.194. The van der Waals surface area contributed by atoms with Gasteiger partial charge in [0.15, 0.2) is 5.76 Å². The van der Waals surface area contributed by atoms with Gasteiger partial charge in [0.25, 0.3) is 11.8 Å². The summed E-state index contributed by atoms with van der Waals surface area (Å²) < 4.78 is 53.5. The van der Waals surface area contributed by atoms with Crippen LogP contribution in [0, 0.1) is 0 Å². The van der Waals surface area contributed by atoms with Crippen molar-refractivity contribution in [1.82, 2.24) is 5.32 Å². The van der Waals surface area contributed by atoms with E-state index in [2.05, 4.69) is 10.6 Å². The van der Waals surface area contributed by atoms with Gasteiger partial charge in [-0.1, -0.05) is 30.3 Å². The summed E-state index contributed by atoms with van der Waals surface area (Å²) in [5.74, 6) is -0.590. The molecule has 0 aliphatic heterocycles. The first-order valence-electron chi connectivity index (χ1n) is 11.5. The number of carbonyl (C=O) groups excluding carboxylic acids is 2. The molecule has 3 aromatic carbocycles. The van der Waals surface area contributed by atoms with E-state index in [0.29, 0.717) is 33.7 Å². The normalized spacial score (nSPS) is 11.3. The number of carbonyl (C=O) groups is 2. The minimum Gasteiger partial charge on any atom is -0.492 e. The lowest BCUT2D eigenvalue weighted by Gasteiger charge is -2.10. The Morgan fingerprint density at radius 2 is 1.63 bits per heavy atom. The highest BCUT2D eigenvalue weighted by Gasteiger charge is 2.28. The van der Waals surface area contributed by atoms with Gasteiger partial charge in [0, 0.05) is 16.5 Å². The van der Waals surface area contributed by atoms with Crippen molar-refractivity contribution in [2.45, 2.75) is 12.8 Å². The maximum atomic E-state index is 12.7. The van der Waals surface area contributed by atoms with Crippen molar-refractivity contribution in [1.29, 1.82) is 0 Å². The molecule has 38 heavy (non-hydrogen) atoms. The highest BCUT2D eigenvalue weighted by molar-refractivity contribution is 6.05. The smallest absolute Gasteiger partial charge is 0.411 e. The van der Waals surface area contributed by atoms with Crippen molar-refractivity contribution in [3.63, 3.8) is 0 Å². The van der Waals surface area contributed by atoms with E-state index in [1.165, 1.54) is 0 Å². The van der Waals surface area contributed by atoms with Gasteiger partial charge in [-0.05, 0) is 42.5 Å². The summed E-state index contributed by atoms with van der Waals surface area (Å²) >= 11 is 0. The van der Waals surface area contributed by atoms with Crippen molar-refractivity contribution in [3.8, 4) is 5.75 Å². The second-order valence-corrected chi connectivity index (χ2v) is 8.18. The molecule has 0 aliphatic carbocycles. The number of nitrogens with one attached hydrogen (secondary N) is 2. The first kappa shape index (κ1) is 26.6. The van der Waals surface area contributed by atoms with E-state index < -0.39 is 25.3 Å². The Morgan fingerprint density at radius 1 is 0.921 bits per heavy atom. The van der Waals surface area contributed by atoms with Gasteiger partial charge in [0.1, 0.15) is 24.5 Å². The van der Waals surface area contributed by atoms with E-state index in [4.69, 9.17) is 19.6 Å². The van der Waals surface area contributed by atoms with Gasteiger partial charge in [-0.25, -0.2) is 0 Å². The number of rotatable bonds is 10. The summed E-state index contributed by atoms with van der Waals surface area (Å²) in [6.07, 6.45) is -4.49. The van der Waals surface area contributed by atoms with Crippen LogP contribution in [0.2, 0.25) is 0 Å². The van der Waals surface area contributed by atoms with E-state index >= 15 is 0 Å². The van der Waals surface area contributed by atoms with Gasteiger partial charge in [0.05, 0.1) is 24.5 Å². The standard InChI is InChI=1S/C27H24F3N3O5/c28-27(29,30)16-36-15-20-19-5-1-4-8-23(19)38-24(20)26(35)32-13-14-37-18-11-9-17(10-12-18)25(34)33-22-7-3-2-6-21(22)31/h1-12H,13-16,31H2,(H,32,35)(H,33,34). The average Bonchev–Trinajstić information content (AvgIpc) is 3.26. The lowest BCUT2D eigenvalue weighted by molar-refractivity contribution is -0.176. The number of hydrogen-bond donors (Lipinski definition) is 3. The molecule has 0 fully saturated rings. The summed E-state index contributed by atoms with van der Waals surface area (Å²) in [5.41, 5.74) is 7.80. The van der Waals surface area contributed by atoms with E-state index in [-0.39, 0.29) is 30.4 Å². The van der Waals surface area contributed by atoms with Gasteiger partial charge < -0.3 is 30.3 Å². The Kier molecular flexibility index (Phi) is 8.17. The number of ether oxygens (including phenoxy) is 2. The lowest BCUT2D eigenvalue weighted by atomic mass is 10.1. The molecule has 0 bridgehead atoms. The number of alkyl halides is 3. The molecule has 198 valence electrons. The molecule has 4 aromatic rings. The molecule has 0 unspecified atom stereocenters. The molecule has 1 heterocycles. The predicted octanol–water partition coefficient (Wildman–Crippen LogP) is 5.16. The Morgan fingerprint density at radius 3 is 2.37 bits per heavy atom. The molecule has 0 atom stereocenters. The fourth-order valence-corrected chi connectivity index (χ4v) is 3.62. The number of halogens is 3. The molecule has 8 nitrogen and oxygen atoms in total. The van der Waals surface area contributed by atoms with Gasteiger partial charge in [0.2, 0.25) is 0 Å². The summed E-state index contributed by atoms with van der Waals surface area (Å²) in [4.78, 5) is 25.1. The van der Waals surface area contributed by atoms with Crippen molar-refractivity contribution in [3.05, 3.63) is 89.7 Å². The van der Waals surface area contributed by atoms with Crippen molar-refractivity contribution >= 4 is 34.2 Å². The average molecular weight is 527 g/mol. The van der Waals surface area contributed by atoms with Crippen LogP contribution >= 0.6 is 0 Å². The van der Waals surface area contributed by atoms with Crippen LogP contribution in [-0.4, -0.2) is 37.7 Å².